The molecule has 244 valence electrons. The van der Waals surface area contributed by atoms with Gasteiger partial charge in [-0.15, -0.1) is 0 Å². The fraction of sp³-hybridized carbons (Fsp3) is 0.647. The highest BCUT2D eigenvalue weighted by Crippen LogP contribution is 2.22. The minimum absolute atomic E-state index is 0.0896. The second-order valence-electron chi connectivity index (χ2n) is 12.6. The van der Waals surface area contributed by atoms with Crippen molar-refractivity contribution in [2.75, 3.05) is 46.5 Å². The number of piperidine rings is 2. The number of carbonyl (C=O) groups excluding carboxylic acids is 2. The minimum Gasteiger partial charge on any atom is -0.444 e. The third-order valence-corrected chi connectivity index (χ3v) is 6.63. The highest BCUT2D eigenvalue weighted by atomic mass is 19.1. The number of nitrogens with zero attached hydrogens (tertiary/aromatic N) is 2. The maximum atomic E-state index is 12.0. The quantitative estimate of drug-likeness (QED) is 0.261. The highest BCUT2D eigenvalue weighted by molar-refractivity contribution is 5.68. The molecule has 2 heterocycles. The summed E-state index contributed by atoms with van der Waals surface area (Å²) >= 11 is 0. The van der Waals surface area contributed by atoms with Gasteiger partial charge >= 0.3 is 12.2 Å². The molecule has 1 N–H and O–H groups in total. The first-order chi connectivity index (χ1) is 20.8. The first-order valence-corrected chi connectivity index (χ1v) is 15.1. The number of rotatable bonds is 7. The molecule has 2 aliphatic rings. The standard InChI is InChI=1S/C20H29NO3.C13H23NO3.CH3F/c1-20(2,3)24-19(22)21-13-11-17(12-14-21)10-7-15-23-16-18-8-5-4-6-9-18;1-13(2,3)17-12(16)14-8-6-11(7-9-14)5-4-10-15;1-2/h4-10,17H,11-16H2,1-3H3;4-5,11,15H,6-10H2,1-3H3;1H3/b10-7+;5-4+;/i;;1D. The molecule has 2 fully saturated rings. The Morgan fingerprint density at radius 2 is 1.28 bits per heavy atom. The van der Waals surface area contributed by atoms with Crippen molar-refractivity contribution >= 4 is 12.2 Å². The number of amides is 2. The average molecular weight is 608 g/mol. The van der Waals surface area contributed by atoms with Gasteiger partial charge in [0.2, 0.25) is 0 Å². The Morgan fingerprint density at radius 1 is 0.860 bits per heavy atom. The molecule has 2 aliphatic heterocycles. The molecule has 0 unspecified atom stereocenters. The zero-order valence-corrected chi connectivity index (χ0v) is 27.1. The van der Waals surface area contributed by atoms with E-state index in [-0.39, 0.29) is 18.8 Å². The van der Waals surface area contributed by atoms with Crippen LogP contribution < -0.4 is 0 Å². The van der Waals surface area contributed by atoms with Gasteiger partial charge in [0, 0.05) is 26.2 Å². The van der Waals surface area contributed by atoms with Gasteiger partial charge in [0.25, 0.3) is 0 Å². The van der Waals surface area contributed by atoms with Crippen LogP contribution in [0.2, 0.25) is 0 Å². The van der Waals surface area contributed by atoms with Crippen molar-refractivity contribution in [3.05, 3.63) is 60.2 Å². The number of hydrogen-bond acceptors (Lipinski definition) is 6. The van der Waals surface area contributed by atoms with Crippen LogP contribution in [0.25, 0.3) is 0 Å². The van der Waals surface area contributed by atoms with E-state index in [0.29, 0.717) is 25.0 Å². The predicted molar refractivity (Wildman–Crippen MR) is 170 cm³/mol. The summed E-state index contributed by atoms with van der Waals surface area (Å²) in [5.74, 6) is 0.991. The molecule has 0 atom stereocenters. The van der Waals surface area contributed by atoms with E-state index < -0.39 is 18.4 Å². The number of carbonyl (C=O) groups is 2. The number of benzene rings is 1. The topological polar surface area (TPSA) is 88.5 Å². The second kappa shape index (κ2) is 20.1. The summed E-state index contributed by atoms with van der Waals surface area (Å²) in [6.07, 6.45) is 11.5. The molecule has 2 saturated heterocycles. The van der Waals surface area contributed by atoms with Gasteiger partial charge < -0.3 is 29.1 Å². The van der Waals surface area contributed by atoms with Crippen LogP contribution >= 0.6 is 0 Å². The van der Waals surface area contributed by atoms with E-state index in [2.05, 4.69) is 24.3 Å². The Bertz CT molecular complexity index is 978. The summed E-state index contributed by atoms with van der Waals surface area (Å²) in [7, 11) is -1.00. The number of aliphatic hydroxyl groups is 1. The van der Waals surface area contributed by atoms with Crippen molar-refractivity contribution in [2.24, 2.45) is 11.8 Å². The normalized spacial score (nSPS) is 17.1. The molecule has 1 aromatic carbocycles. The van der Waals surface area contributed by atoms with Crippen molar-refractivity contribution in [3.8, 4) is 0 Å². The zero-order valence-electron chi connectivity index (χ0n) is 28.1. The molecule has 0 saturated carbocycles. The van der Waals surface area contributed by atoms with Crippen molar-refractivity contribution < 1.29 is 34.7 Å². The smallest absolute Gasteiger partial charge is 0.410 e. The molecule has 43 heavy (non-hydrogen) atoms. The monoisotopic (exact) mass is 607 g/mol. The van der Waals surface area contributed by atoms with E-state index in [1.165, 1.54) is 5.56 Å². The van der Waals surface area contributed by atoms with Gasteiger partial charge in [0.05, 0.1) is 28.3 Å². The molecule has 3 rings (SSSR count). The maximum absolute atomic E-state index is 12.0. The number of halogens is 1. The molecular weight excluding hydrogens is 551 g/mol. The van der Waals surface area contributed by atoms with Crippen molar-refractivity contribution in [3.63, 3.8) is 0 Å². The van der Waals surface area contributed by atoms with Crippen LogP contribution in [0.3, 0.4) is 0 Å². The van der Waals surface area contributed by atoms with E-state index in [0.717, 1.165) is 51.9 Å². The largest absolute Gasteiger partial charge is 0.444 e. The summed E-state index contributed by atoms with van der Waals surface area (Å²) in [6.45, 7) is 15.7. The summed E-state index contributed by atoms with van der Waals surface area (Å²) < 4.78 is 31.9. The number of allylic oxidation sites excluding steroid dienone is 2. The van der Waals surface area contributed by atoms with E-state index in [9.17, 15) is 14.0 Å². The van der Waals surface area contributed by atoms with Crippen LogP contribution in [0.4, 0.5) is 14.0 Å². The molecule has 0 aliphatic carbocycles. The molecule has 0 spiro atoms. The number of likely N-dealkylation sites (tertiary alicyclic amines) is 2. The summed E-state index contributed by atoms with van der Waals surface area (Å²) in [5, 5.41) is 8.69. The fourth-order valence-electron chi connectivity index (χ4n) is 4.52. The van der Waals surface area contributed by atoms with Gasteiger partial charge in [0.1, 0.15) is 11.2 Å². The fourth-order valence-corrected chi connectivity index (χ4v) is 4.52. The lowest BCUT2D eigenvalue weighted by atomic mass is 9.97. The first-order valence-electron chi connectivity index (χ1n) is 15.9. The van der Waals surface area contributed by atoms with Crippen LogP contribution in [0.1, 0.15) is 74.2 Å². The Labute approximate surface area is 260 Å². The predicted octanol–water partition coefficient (Wildman–Crippen LogP) is 7.17. The zero-order chi connectivity index (χ0) is 33.0. The van der Waals surface area contributed by atoms with Crippen LogP contribution in [0, 0.1) is 11.8 Å². The number of alkyl halides is 1. The van der Waals surface area contributed by atoms with Gasteiger partial charge in [-0.1, -0.05) is 54.6 Å². The van der Waals surface area contributed by atoms with E-state index in [1.807, 2.05) is 70.7 Å². The van der Waals surface area contributed by atoms with Gasteiger partial charge in [-0.3, -0.25) is 4.39 Å². The summed E-state index contributed by atoms with van der Waals surface area (Å²) in [4.78, 5) is 27.4. The van der Waals surface area contributed by atoms with Gasteiger partial charge in [-0.05, 0) is 84.6 Å². The molecule has 9 heteroatoms. The molecular formula is C34H55FN2O6. The summed E-state index contributed by atoms with van der Waals surface area (Å²) in [6, 6.07) is 10.2. The van der Waals surface area contributed by atoms with Crippen LogP contribution in [-0.2, 0) is 20.8 Å². The van der Waals surface area contributed by atoms with E-state index >= 15 is 0 Å². The third kappa shape index (κ3) is 17.7. The maximum Gasteiger partial charge on any atom is 0.410 e. The van der Waals surface area contributed by atoms with Crippen LogP contribution in [0.15, 0.2) is 54.6 Å². The van der Waals surface area contributed by atoms with Gasteiger partial charge in [-0.25, -0.2) is 9.59 Å². The lowest BCUT2D eigenvalue weighted by molar-refractivity contribution is 0.0187. The van der Waals surface area contributed by atoms with E-state index in [4.69, 9.17) is 20.7 Å². The lowest BCUT2D eigenvalue weighted by Gasteiger charge is -2.32. The Balaban J connectivity index is 0.000000424. The molecule has 2 amide bonds. The number of aliphatic hydroxyl groups excluding tert-OH is 1. The molecule has 1 aromatic rings. The number of ether oxygens (including phenoxy) is 3. The van der Waals surface area contributed by atoms with Gasteiger partial charge in [0.15, 0.2) is 0 Å². The van der Waals surface area contributed by atoms with Crippen LogP contribution in [0.5, 0.6) is 0 Å². The molecule has 0 bridgehead atoms. The third-order valence-electron chi connectivity index (χ3n) is 6.63. The Hall–Kier alpha value is -2.91. The van der Waals surface area contributed by atoms with Crippen molar-refractivity contribution in [1.29, 1.82) is 0 Å². The Morgan fingerprint density at radius 3 is 1.67 bits per heavy atom. The lowest BCUT2D eigenvalue weighted by Crippen LogP contribution is -2.41. The van der Waals surface area contributed by atoms with Crippen molar-refractivity contribution in [2.45, 2.75) is 85.0 Å². The average Bonchev–Trinajstić information content (AvgIpc) is 2.96. The van der Waals surface area contributed by atoms with Gasteiger partial charge in [-0.2, -0.15) is 0 Å². The Kier molecular flexibility index (Phi) is 17.0. The number of hydrogen-bond donors (Lipinski definition) is 1. The SMILES string of the molecule is CC(C)(C)OC(=O)N1CCC(/C=C/CO)CC1.CC(C)(C)OC(=O)N1CCC(/C=C/COCc2ccccc2)CC1.[2H]CF. The highest BCUT2D eigenvalue weighted by Gasteiger charge is 2.27. The first kappa shape index (κ1) is 36.3. The van der Waals surface area contributed by atoms with Crippen molar-refractivity contribution in [1.82, 2.24) is 9.80 Å². The molecule has 0 aromatic heterocycles. The molecule has 8 nitrogen and oxygen atoms in total. The minimum atomic E-state index is -1.00. The molecule has 0 radical (unpaired) electrons. The van der Waals surface area contributed by atoms with E-state index in [1.54, 1.807) is 11.0 Å². The van der Waals surface area contributed by atoms with Crippen LogP contribution in [-0.4, -0.2) is 84.8 Å². The second-order valence-corrected chi connectivity index (χ2v) is 12.6. The summed E-state index contributed by atoms with van der Waals surface area (Å²) in [5.41, 5.74) is 0.339.